The summed E-state index contributed by atoms with van der Waals surface area (Å²) in [6, 6.07) is 2.25. The van der Waals surface area contributed by atoms with Crippen LogP contribution in [0, 0.1) is 11.8 Å². The number of amides is 8. The molecule has 2 saturated heterocycles. The van der Waals surface area contributed by atoms with Crippen LogP contribution in [0.15, 0.2) is 40.4 Å². The molecule has 24 heteroatoms. The van der Waals surface area contributed by atoms with E-state index in [1.165, 1.54) is 25.3 Å². The molecule has 22 nitrogen and oxygen atoms in total. The summed E-state index contributed by atoms with van der Waals surface area (Å²) >= 11 is 1.84. The van der Waals surface area contributed by atoms with Crippen molar-refractivity contribution in [3.8, 4) is 0 Å². The van der Waals surface area contributed by atoms with Crippen LogP contribution in [0.5, 0.6) is 0 Å². The third-order valence-corrected chi connectivity index (χ3v) is 19.2. The number of fused-ring (bicyclic) bond motifs is 2. The zero-order valence-electron chi connectivity index (χ0n) is 45.0. The topological polar surface area (TPSA) is 319 Å². The third kappa shape index (κ3) is 16.0. The van der Waals surface area contributed by atoms with Gasteiger partial charge in [0, 0.05) is 54.2 Å². The fourth-order valence-electron chi connectivity index (χ4n) is 11.8. The van der Waals surface area contributed by atoms with Crippen molar-refractivity contribution in [2.75, 3.05) is 18.8 Å². The monoisotopic (exact) mass is 1120 g/mol. The Labute approximate surface area is 462 Å². The number of carbonyl (C=O) groups is 7. The Kier molecular flexibility index (Phi) is 20.5. The number of carbonyl (C=O) groups excluding carboxylic acids is 7. The summed E-state index contributed by atoms with van der Waals surface area (Å²) in [6.07, 6.45) is 19.2. The Morgan fingerprint density at radius 1 is 0.859 bits per heavy atom. The van der Waals surface area contributed by atoms with Crippen molar-refractivity contribution in [1.82, 2.24) is 56.9 Å². The van der Waals surface area contributed by atoms with E-state index in [-0.39, 0.29) is 65.8 Å². The summed E-state index contributed by atoms with van der Waals surface area (Å²) in [4.78, 5) is 99.2. The lowest BCUT2D eigenvalue weighted by Gasteiger charge is -2.39. The summed E-state index contributed by atoms with van der Waals surface area (Å²) in [5.74, 6) is -1.53. The fraction of sp³-hybridized carbons (Fsp3) is 0.704. The van der Waals surface area contributed by atoms with Crippen molar-refractivity contribution in [2.45, 2.75) is 213 Å². The van der Waals surface area contributed by atoms with E-state index < -0.39 is 69.9 Å². The lowest BCUT2D eigenvalue weighted by molar-refractivity contribution is -0.133. The van der Waals surface area contributed by atoms with Gasteiger partial charge < -0.3 is 43.0 Å². The van der Waals surface area contributed by atoms with Crippen molar-refractivity contribution < 1.29 is 42.0 Å². The lowest BCUT2D eigenvalue weighted by Crippen LogP contribution is -2.59. The number of urea groups is 1. The molecule has 2 aromatic rings. The minimum absolute atomic E-state index is 0.0211. The van der Waals surface area contributed by atoms with Crippen molar-refractivity contribution in [3.63, 3.8) is 0 Å². The average Bonchev–Trinajstić information content (AvgIpc) is 3.82. The minimum Gasteiger partial charge on any atom is -0.368 e. The molecule has 0 radical (unpaired) electrons. The van der Waals surface area contributed by atoms with Crippen molar-refractivity contribution in [1.29, 1.82) is 0 Å². The number of aromatic nitrogens is 3. The number of nitrogens with two attached hydrogens (primary N) is 1. The number of nitrogens with one attached hydrogen (secondary N) is 8. The van der Waals surface area contributed by atoms with Gasteiger partial charge in [0.15, 0.2) is 0 Å². The highest BCUT2D eigenvalue weighted by atomic mass is 32.2. The van der Waals surface area contributed by atoms with Gasteiger partial charge in [0.25, 0.3) is 10.0 Å². The van der Waals surface area contributed by atoms with Crippen LogP contribution in [0.4, 0.5) is 4.79 Å². The maximum Gasteiger partial charge on any atom is 0.315 e. The molecule has 428 valence electrons. The molecule has 5 fully saturated rings. The lowest BCUT2D eigenvalue weighted by atomic mass is 9.78. The summed E-state index contributed by atoms with van der Waals surface area (Å²) < 4.78 is 30.0. The second-order valence-corrected chi connectivity index (χ2v) is 25.4. The third-order valence-electron chi connectivity index (χ3n) is 16.3. The van der Waals surface area contributed by atoms with Gasteiger partial charge in [-0.15, -0.1) is 5.10 Å². The first-order valence-corrected chi connectivity index (χ1v) is 31.2. The Morgan fingerprint density at radius 3 is 2.38 bits per heavy atom. The minimum atomic E-state index is -3.90. The van der Waals surface area contributed by atoms with Crippen LogP contribution < -0.4 is 47.7 Å². The first-order chi connectivity index (χ1) is 37.6. The molecule has 3 aliphatic heterocycles. The van der Waals surface area contributed by atoms with Gasteiger partial charge in [0.2, 0.25) is 35.4 Å². The molecule has 4 heterocycles. The van der Waals surface area contributed by atoms with Gasteiger partial charge in [0.1, 0.15) is 30.0 Å². The second kappa shape index (κ2) is 27.4. The van der Waals surface area contributed by atoms with Gasteiger partial charge in [-0.1, -0.05) is 94.9 Å². The number of unbranched alkanes of at least 4 members (excludes halogenated alkanes) is 3. The molecule has 7 atom stereocenters. The quantitative estimate of drug-likeness (QED) is 0.0418. The van der Waals surface area contributed by atoms with Gasteiger partial charge in [0.05, 0.1) is 22.7 Å². The largest absolute Gasteiger partial charge is 0.368 e. The van der Waals surface area contributed by atoms with Crippen LogP contribution in [0.3, 0.4) is 0 Å². The van der Waals surface area contributed by atoms with Crippen LogP contribution in [0.1, 0.15) is 172 Å². The molecule has 6 aliphatic rings. The molecule has 8 rings (SSSR count). The van der Waals surface area contributed by atoms with Crippen LogP contribution in [-0.2, 0) is 45.2 Å². The highest BCUT2D eigenvalue weighted by Crippen LogP contribution is 2.41. The molecule has 0 bridgehead atoms. The normalized spacial score (nSPS) is 23.3. The van der Waals surface area contributed by atoms with E-state index in [1.807, 2.05) is 24.9 Å². The second-order valence-electron chi connectivity index (χ2n) is 22.5. The van der Waals surface area contributed by atoms with Gasteiger partial charge in [-0.25, -0.2) is 17.9 Å². The van der Waals surface area contributed by atoms with E-state index in [1.54, 1.807) is 22.9 Å². The zero-order chi connectivity index (χ0) is 55.2. The van der Waals surface area contributed by atoms with E-state index in [4.69, 9.17) is 5.73 Å². The number of hydrogen-bond acceptors (Lipinski definition) is 13. The maximum absolute atomic E-state index is 14.5. The molecule has 0 spiro atoms. The Balaban J connectivity index is 0.900. The van der Waals surface area contributed by atoms with E-state index in [0.29, 0.717) is 74.6 Å². The van der Waals surface area contributed by atoms with E-state index in [9.17, 15) is 42.0 Å². The van der Waals surface area contributed by atoms with Gasteiger partial charge in [-0.2, -0.15) is 11.8 Å². The van der Waals surface area contributed by atoms with Crippen LogP contribution >= 0.6 is 11.8 Å². The molecule has 3 saturated carbocycles. The molecule has 6 unspecified atom stereocenters. The number of thioether (sulfide) groups is 1. The molecule has 10 N–H and O–H groups in total. The average molecular weight is 1120 g/mol. The van der Waals surface area contributed by atoms with Crippen LogP contribution in [-0.4, -0.2) is 131 Å². The molecule has 3 aliphatic carbocycles. The summed E-state index contributed by atoms with van der Waals surface area (Å²) in [6.45, 7) is 1.87. The maximum atomic E-state index is 14.5. The highest BCUT2D eigenvalue weighted by molar-refractivity contribution is 8.00. The Bertz CT molecular complexity index is 2600. The molecule has 78 heavy (non-hydrogen) atoms. The molecule has 1 aromatic heterocycles. The predicted molar refractivity (Wildman–Crippen MR) is 294 cm³/mol. The first kappa shape index (κ1) is 58.4. The summed E-state index contributed by atoms with van der Waals surface area (Å²) in [5.41, 5.74) is 6.10. The SMILES string of the molecule is CCCCC(N=C1NS(=O)(=O)c2ccccc21)C(=O)NCC(NC(=O)CC1(NC(=O)C(C2CC2)n2cc(CC3CCCCC3)nn2)CCCCC1)C(=O)NC(CCCCNC(=O)CCCC[C@@H]1SCC2NC(=O)NC21)C(N)=O. The number of nitrogens with zero attached hydrogens (tertiary/aromatic N) is 4. The smallest absolute Gasteiger partial charge is 0.315 e. The Morgan fingerprint density at radius 2 is 1.63 bits per heavy atom. The van der Waals surface area contributed by atoms with E-state index >= 15 is 0 Å². The number of rotatable bonds is 29. The number of amidine groups is 1. The Hall–Kier alpha value is -5.78. The van der Waals surface area contributed by atoms with Crippen LogP contribution in [0.2, 0.25) is 0 Å². The number of aliphatic imine (C=N–C) groups is 1. The summed E-state index contributed by atoms with van der Waals surface area (Å²) in [7, 11) is -3.90. The molecular formula is C54H81N13O9S2. The number of primary amides is 1. The van der Waals surface area contributed by atoms with Crippen molar-refractivity contribution >= 4 is 69.1 Å². The van der Waals surface area contributed by atoms with Crippen molar-refractivity contribution in [2.24, 2.45) is 22.6 Å². The zero-order valence-corrected chi connectivity index (χ0v) is 46.7. The first-order valence-electron chi connectivity index (χ1n) is 28.6. The van der Waals surface area contributed by atoms with E-state index in [2.05, 4.69) is 57.2 Å². The van der Waals surface area contributed by atoms with Gasteiger partial charge in [-0.05, 0) is 94.6 Å². The number of sulfonamides is 1. The standard InChI is InChI=1S/C54H81N13O9S2/c1-2-3-19-39(59-49-37-18-8-10-22-43(37)78(75,76)65-49)50(71)57-31-40(51(72)60-38(48(55)70)20-12-15-28-56-44(68)23-11-9-21-42-46-41(33-77-42)61-53(74)62-46)58-45(69)30-54(26-13-5-14-27-54)63-52(73)47(35-24-25-35)67-32-36(64-66-67)29-34-16-6-4-7-17-34/h8,10,18,22,32,34-35,38-42,46-47H,2-7,9,11-17,19-21,23-31,33H2,1H3,(H2,55,70)(H,56,68)(H,57,71)(H,58,69)(H,59,65)(H,60,72)(H,63,73)(H2,61,62,74)/t38?,39?,40?,41?,42-,46?,47?/m0/s1. The number of hydrogen-bond donors (Lipinski definition) is 9. The van der Waals surface area contributed by atoms with Crippen molar-refractivity contribution in [3.05, 3.63) is 41.7 Å². The molecular weight excluding hydrogens is 1040 g/mol. The summed E-state index contributed by atoms with van der Waals surface area (Å²) in [5, 5.41) is 29.7. The predicted octanol–water partition coefficient (Wildman–Crippen LogP) is 3.44. The molecule has 8 amide bonds. The van der Waals surface area contributed by atoms with Gasteiger partial charge >= 0.3 is 6.03 Å². The van der Waals surface area contributed by atoms with Gasteiger partial charge in [-0.3, -0.25) is 38.5 Å². The fourth-order valence-corrected chi connectivity index (χ4v) is 14.6. The van der Waals surface area contributed by atoms with Crippen LogP contribution in [0.25, 0.3) is 0 Å². The number of benzene rings is 1. The molecule has 1 aromatic carbocycles. The van der Waals surface area contributed by atoms with E-state index in [0.717, 1.165) is 75.7 Å². The highest BCUT2D eigenvalue weighted by Gasteiger charge is 2.45.